The van der Waals surface area contributed by atoms with Gasteiger partial charge < -0.3 is 15.6 Å². The van der Waals surface area contributed by atoms with Gasteiger partial charge in [0.2, 0.25) is 5.91 Å². The highest BCUT2D eigenvalue weighted by Gasteiger charge is 2.35. The lowest BCUT2D eigenvalue weighted by atomic mass is 9.88. The molecule has 4 aromatic rings. The Bertz CT molecular complexity index is 1440. The molecule has 3 N–H and O–H groups in total. The third-order valence-corrected chi connectivity index (χ3v) is 6.39. The van der Waals surface area contributed by atoms with E-state index in [0.29, 0.717) is 23.4 Å². The fourth-order valence-electron chi connectivity index (χ4n) is 4.60. The number of H-pyrrole nitrogens is 1. The minimum absolute atomic E-state index is 0.140. The predicted octanol–water partition coefficient (Wildman–Crippen LogP) is 5.08. The molecular weight excluding hydrogens is 457 g/mol. The minimum Gasteiger partial charge on any atom is -0.357 e. The highest BCUT2D eigenvalue weighted by Crippen LogP contribution is 2.39. The molecule has 8 heteroatoms. The molecule has 0 fully saturated rings. The summed E-state index contributed by atoms with van der Waals surface area (Å²) < 4.78 is 13.3. The second kappa shape index (κ2) is 9.03. The summed E-state index contributed by atoms with van der Waals surface area (Å²) in [5.74, 6) is -0.869. The lowest BCUT2D eigenvalue weighted by Crippen LogP contribution is -2.49. The van der Waals surface area contributed by atoms with Gasteiger partial charge in [-0.15, -0.1) is 0 Å². The normalized spacial score (nSPS) is 15.1. The Hall–Kier alpha value is -4.33. The van der Waals surface area contributed by atoms with Crippen LogP contribution in [0.1, 0.15) is 48.3 Å². The molecule has 36 heavy (non-hydrogen) atoms. The van der Waals surface area contributed by atoms with Gasteiger partial charge in [-0.2, -0.15) is 0 Å². The van der Waals surface area contributed by atoms with E-state index in [1.54, 1.807) is 43.7 Å². The number of carbonyl (C=O) groups is 2. The summed E-state index contributed by atoms with van der Waals surface area (Å²) in [6, 6.07) is 13.2. The van der Waals surface area contributed by atoms with Crippen molar-refractivity contribution in [1.82, 2.24) is 20.3 Å². The van der Waals surface area contributed by atoms with E-state index in [2.05, 4.69) is 25.6 Å². The average molecular weight is 484 g/mol. The molecule has 0 spiro atoms. The summed E-state index contributed by atoms with van der Waals surface area (Å²) >= 11 is 0. The molecule has 1 unspecified atom stereocenters. The van der Waals surface area contributed by atoms with Crippen molar-refractivity contribution in [2.24, 2.45) is 0 Å². The van der Waals surface area contributed by atoms with Crippen LogP contribution in [-0.2, 0) is 11.2 Å². The van der Waals surface area contributed by atoms with Crippen molar-refractivity contribution in [3.63, 3.8) is 0 Å². The number of benzene rings is 1. The molecule has 1 aliphatic heterocycles. The Kier molecular flexibility index (Phi) is 5.88. The number of fused-ring (bicyclic) bond motifs is 1. The van der Waals surface area contributed by atoms with Crippen LogP contribution in [0.2, 0.25) is 0 Å². The maximum atomic E-state index is 13.3. The highest BCUT2D eigenvalue weighted by atomic mass is 19.1. The van der Waals surface area contributed by atoms with Crippen molar-refractivity contribution >= 4 is 17.6 Å². The number of anilines is 1. The zero-order chi connectivity index (χ0) is 25.4. The lowest BCUT2D eigenvalue weighted by Gasteiger charge is -2.30. The summed E-state index contributed by atoms with van der Waals surface area (Å²) in [5, 5.41) is 5.94. The Labute approximate surface area is 208 Å². The molecule has 1 atom stereocenters. The quantitative estimate of drug-likeness (QED) is 0.368. The fraction of sp³-hybridized carbons (Fsp3) is 0.214. The molecule has 0 aliphatic carbocycles. The number of halogens is 1. The van der Waals surface area contributed by atoms with Crippen molar-refractivity contribution in [1.29, 1.82) is 0 Å². The minimum atomic E-state index is -0.495. The molecule has 5 rings (SSSR count). The summed E-state index contributed by atoms with van der Waals surface area (Å²) in [6.45, 7) is 5.73. The number of hydrogen-bond acceptors (Lipinski definition) is 4. The molecule has 2 amide bonds. The molecule has 0 saturated carbocycles. The number of aromatic nitrogens is 3. The second-order valence-electron chi connectivity index (χ2n) is 9.68. The molecule has 4 heterocycles. The number of nitrogens with one attached hydrogen (secondary N) is 3. The lowest BCUT2D eigenvalue weighted by molar-refractivity contribution is -0.117. The first-order valence-electron chi connectivity index (χ1n) is 11.7. The number of nitrogens with zero attached hydrogens (tertiary/aromatic N) is 2. The Morgan fingerprint density at radius 1 is 1.08 bits per heavy atom. The van der Waals surface area contributed by atoms with Gasteiger partial charge in [0.05, 0.1) is 17.2 Å². The molecule has 0 bridgehead atoms. The van der Waals surface area contributed by atoms with Gasteiger partial charge in [0, 0.05) is 52.9 Å². The van der Waals surface area contributed by atoms with Gasteiger partial charge in [0.1, 0.15) is 11.6 Å². The van der Waals surface area contributed by atoms with Crippen LogP contribution in [0.15, 0.2) is 67.1 Å². The van der Waals surface area contributed by atoms with Crippen LogP contribution in [0.5, 0.6) is 0 Å². The molecule has 0 radical (unpaired) electrons. The number of pyridine rings is 2. The smallest absolute Gasteiger partial charge is 0.254 e. The van der Waals surface area contributed by atoms with E-state index in [9.17, 15) is 14.0 Å². The standard InChI is InChI=1S/C28H26FN5O2/c1-16(17-6-8-20(29)9-7-17)26(35)33-22-13-18(10-12-31-22)25-23(19-5-4-11-30-15-19)24-21(32-25)14-28(2,3)34-27(24)36/h4-13,15-16,32H,14H2,1-3H3,(H,34,36)(H,31,33,35). The predicted molar refractivity (Wildman–Crippen MR) is 136 cm³/mol. The molecular formula is C28H26FN5O2. The van der Waals surface area contributed by atoms with Crippen LogP contribution >= 0.6 is 0 Å². The van der Waals surface area contributed by atoms with Crippen molar-refractivity contribution in [3.05, 3.63) is 89.8 Å². The number of amides is 2. The number of rotatable bonds is 5. The van der Waals surface area contributed by atoms with Gasteiger partial charge in [0.25, 0.3) is 5.91 Å². The molecule has 7 nitrogen and oxygen atoms in total. The van der Waals surface area contributed by atoms with Crippen LogP contribution in [-0.4, -0.2) is 32.3 Å². The van der Waals surface area contributed by atoms with Crippen molar-refractivity contribution in [2.75, 3.05) is 5.32 Å². The number of carbonyl (C=O) groups excluding carboxylic acids is 2. The Morgan fingerprint density at radius 3 is 2.58 bits per heavy atom. The van der Waals surface area contributed by atoms with E-state index in [1.165, 1.54) is 12.1 Å². The summed E-state index contributed by atoms with van der Waals surface area (Å²) in [7, 11) is 0. The first kappa shape index (κ1) is 23.4. The summed E-state index contributed by atoms with van der Waals surface area (Å²) in [4.78, 5) is 38.1. The maximum Gasteiger partial charge on any atom is 0.254 e. The summed E-state index contributed by atoms with van der Waals surface area (Å²) in [6.07, 6.45) is 5.68. The van der Waals surface area contributed by atoms with Crippen LogP contribution in [0.25, 0.3) is 22.4 Å². The topological polar surface area (TPSA) is 99.8 Å². The van der Waals surface area contributed by atoms with E-state index >= 15 is 0 Å². The molecule has 1 aromatic carbocycles. The average Bonchev–Trinajstić information content (AvgIpc) is 3.23. The Morgan fingerprint density at radius 2 is 1.86 bits per heavy atom. The van der Waals surface area contributed by atoms with Crippen molar-refractivity contribution in [2.45, 2.75) is 38.6 Å². The van der Waals surface area contributed by atoms with Gasteiger partial charge >= 0.3 is 0 Å². The molecule has 3 aromatic heterocycles. The SMILES string of the molecule is CC(C(=O)Nc1cc(-c2[nH]c3c(c2-c2cccnc2)C(=O)NC(C)(C)C3)ccn1)c1ccc(F)cc1. The van der Waals surface area contributed by atoms with Gasteiger partial charge in [-0.25, -0.2) is 9.37 Å². The molecule has 182 valence electrons. The number of hydrogen-bond donors (Lipinski definition) is 3. The zero-order valence-corrected chi connectivity index (χ0v) is 20.2. The maximum absolute atomic E-state index is 13.3. The van der Waals surface area contributed by atoms with Crippen LogP contribution in [0.3, 0.4) is 0 Å². The van der Waals surface area contributed by atoms with Gasteiger partial charge in [0.15, 0.2) is 0 Å². The van der Waals surface area contributed by atoms with E-state index in [0.717, 1.165) is 28.1 Å². The van der Waals surface area contributed by atoms with Crippen LogP contribution < -0.4 is 10.6 Å². The highest BCUT2D eigenvalue weighted by molar-refractivity contribution is 6.07. The van der Waals surface area contributed by atoms with Crippen LogP contribution in [0, 0.1) is 5.82 Å². The monoisotopic (exact) mass is 483 g/mol. The van der Waals surface area contributed by atoms with Crippen molar-refractivity contribution in [3.8, 4) is 22.4 Å². The van der Waals surface area contributed by atoms with E-state index in [4.69, 9.17) is 0 Å². The first-order valence-corrected chi connectivity index (χ1v) is 11.7. The van der Waals surface area contributed by atoms with Gasteiger partial charge in [-0.1, -0.05) is 18.2 Å². The third kappa shape index (κ3) is 4.49. The van der Waals surface area contributed by atoms with Gasteiger partial charge in [-0.3, -0.25) is 14.6 Å². The molecule has 1 aliphatic rings. The van der Waals surface area contributed by atoms with E-state index in [-0.39, 0.29) is 23.2 Å². The summed E-state index contributed by atoms with van der Waals surface area (Å²) in [5.41, 5.74) is 4.87. The Balaban J connectivity index is 1.52. The third-order valence-electron chi connectivity index (χ3n) is 6.39. The van der Waals surface area contributed by atoms with E-state index in [1.807, 2.05) is 32.0 Å². The molecule has 0 saturated heterocycles. The van der Waals surface area contributed by atoms with E-state index < -0.39 is 5.92 Å². The fourth-order valence-corrected chi connectivity index (χ4v) is 4.60. The zero-order valence-electron chi connectivity index (χ0n) is 20.2. The largest absolute Gasteiger partial charge is 0.357 e. The van der Waals surface area contributed by atoms with Gasteiger partial charge in [-0.05, 0) is 56.7 Å². The van der Waals surface area contributed by atoms with Crippen LogP contribution in [0.4, 0.5) is 10.2 Å². The number of aromatic amines is 1. The first-order chi connectivity index (χ1) is 17.2. The second-order valence-corrected chi connectivity index (χ2v) is 9.68. The van der Waals surface area contributed by atoms with Crippen molar-refractivity contribution < 1.29 is 14.0 Å².